The summed E-state index contributed by atoms with van der Waals surface area (Å²) in [5.41, 5.74) is 0.118. The molecule has 70 valence electrons. The van der Waals surface area contributed by atoms with E-state index in [1.807, 2.05) is 0 Å². The average molecular weight is 194 g/mol. The first-order valence-corrected chi connectivity index (χ1v) is 5.29. The molecule has 1 nitrogen and oxygen atoms in total. The van der Waals surface area contributed by atoms with E-state index in [4.69, 9.17) is 4.42 Å². The second-order valence-electron chi connectivity index (χ2n) is 4.46. The predicted molar refractivity (Wildman–Crippen MR) is 57.5 cm³/mol. The van der Waals surface area contributed by atoms with Crippen molar-refractivity contribution in [3.63, 3.8) is 0 Å². The first-order valence-electron chi connectivity index (χ1n) is 4.47. The first kappa shape index (κ1) is 8.82. The summed E-state index contributed by atoms with van der Waals surface area (Å²) in [6, 6.07) is 4.33. The summed E-state index contributed by atoms with van der Waals surface area (Å²) in [4.78, 5) is 2.37. The molecule has 2 aromatic heterocycles. The predicted octanol–water partition coefficient (Wildman–Crippen LogP) is 4.10. The Kier molecular flexibility index (Phi) is 1.77. The lowest BCUT2D eigenvalue weighted by molar-refractivity contribution is 0.433. The minimum Gasteiger partial charge on any atom is -0.450 e. The number of hydrogen-bond donors (Lipinski definition) is 0. The van der Waals surface area contributed by atoms with Crippen molar-refractivity contribution in [3.05, 3.63) is 22.8 Å². The highest BCUT2D eigenvalue weighted by Gasteiger charge is 2.19. The van der Waals surface area contributed by atoms with E-state index in [1.54, 1.807) is 11.3 Å². The van der Waals surface area contributed by atoms with E-state index < -0.39 is 0 Å². The van der Waals surface area contributed by atoms with Gasteiger partial charge in [0, 0.05) is 15.7 Å². The van der Waals surface area contributed by atoms with E-state index in [0.29, 0.717) is 0 Å². The molecule has 13 heavy (non-hydrogen) atoms. The molecule has 0 spiro atoms. The van der Waals surface area contributed by atoms with Gasteiger partial charge in [0.25, 0.3) is 0 Å². The molecular weight excluding hydrogens is 180 g/mol. The molecule has 0 unspecified atom stereocenters. The zero-order valence-electron chi connectivity index (χ0n) is 8.47. The molecule has 2 heteroatoms. The first-order chi connectivity index (χ1) is 5.97. The van der Waals surface area contributed by atoms with Crippen molar-refractivity contribution >= 4 is 21.6 Å². The van der Waals surface area contributed by atoms with Gasteiger partial charge < -0.3 is 4.42 Å². The van der Waals surface area contributed by atoms with E-state index in [2.05, 4.69) is 39.8 Å². The van der Waals surface area contributed by atoms with Gasteiger partial charge >= 0.3 is 0 Å². The quantitative estimate of drug-likeness (QED) is 0.615. The smallest absolute Gasteiger partial charge is 0.188 e. The molecule has 0 saturated carbocycles. The Morgan fingerprint density at radius 1 is 1.23 bits per heavy atom. The van der Waals surface area contributed by atoms with Crippen molar-refractivity contribution in [3.8, 4) is 0 Å². The molecule has 0 bridgehead atoms. The maximum atomic E-state index is 5.77. The van der Waals surface area contributed by atoms with Gasteiger partial charge in [0.2, 0.25) is 0 Å². The number of thiophene rings is 1. The number of rotatable bonds is 0. The summed E-state index contributed by atoms with van der Waals surface area (Å²) in [6.45, 7) is 8.61. The SMILES string of the molecule is Cc1cc2cc(C(C)(C)C)oc2s1. The van der Waals surface area contributed by atoms with Crippen LogP contribution >= 0.6 is 11.3 Å². The summed E-state index contributed by atoms with van der Waals surface area (Å²) in [6.07, 6.45) is 0. The van der Waals surface area contributed by atoms with Crippen molar-refractivity contribution in [1.29, 1.82) is 0 Å². The molecule has 0 aliphatic carbocycles. The third-order valence-corrected chi connectivity index (χ3v) is 3.02. The molecule has 2 aromatic rings. The highest BCUT2D eigenvalue weighted by molar-refractivity contribution is 7.18. The van der Waals surface area contributed by atoms with Gasteiger partial charge in [-0.25, -0.2) is 0 Å². The zero-order valence-corrected chi connectivity index (χ0v) is 9.29. The Hall–Kier alpha value is -0.760. The van der Waals surface area contributed by atoms with E-state index in [1.165, 1.54) is 10.3 Å². The van der Waals surface area contributed by atoms with Crippen LogP contribution in [0.1, 0.15) is 31.4 Å². The van der Waals surface area contributed by atoms with Crippen LogP contribution in [0.5, 0.6) is 0 Å². The van der Waals surface area contributed by atoms with Crippen LogP contribution in [0.15, 0.2) is 16.5 Å². The van der Waals surface area contributed by atoms with Gasteiger partial charge in [-0.1, -0.05) is 20.8 Å². The summed E-state index contributed by atoms with van der Waals surface area (Å²) in [5, 5.41) is 1.24. The van der Waals surface area contributed by atoms with Crippen LogP contribution in [0.2, 0.25) is 0 Å². The van der Waals surface area contributed by atoms with Crippen molar-refractivity contribution in [1.82, 2.24) is 0 Å². The fraction of sp³-hybridized carbons (Fsp3) is 0.455. The van der Waals surface area contributed by atoms with Crippen LogP contribution in [-0.2, 0) is 5.41 Å². The standard InChI is InChI=1S/C11H14OS/c1-7-5-8-6-9(11(2,3)4)12-10(8)13-7/h5-6H,1-4H3. The molecule has 0 aromatic carbocycles. The molecule has 0 saturated heterocycles. The molecule has 0 aliphatic rings. The summed E-state index contributed by atoms with van der Waals surface area (Å²) in [5.74, 6) is 1.08. The minimum absolute atomic E-state index is 0.118. The minimum atomic E-state index is 0.118. The molecule has 0 radical (unpaired) electrons. The Balaban J connectivity index is 2.57. The van der Waals surface area contributed by atoms with Crippen LogP contribution in [0.3, 0.4) is 0 Å². The van der Waals surface area contributed by atoms with Gasteiger partial charge in [-0.2, -0.15) is 0 Å². The molecule has 0 aliphatic heterocycles. The van der Waals surface area contributed by atoms with E-state index in [0.717, 1.165) is 10.7 Å². The number of furan rings is 1. The fourth-order valence-corrected chi connectivity index (χ4v) is 2.18. The van der Waals surface area contributed by atoms with Crippen molar-refractivity contribution in [2.24, 2.45) is 0 Å². The lowest BCUT2D eigenvalue weighted by atomic mass is 9.93. The second kappa shape index (κ2) is 2.61. The van der Waals surface area contributed by atoms with Gasteiger partial charge in [-0.15, -0.1) is 11.3 Å². The van der Waals surface area contributed by atoms with Crippen molar-refractivity contribution in [2.75, 3.05) is 0 Å². The monoisotopic (exact) mass is 194 g/mol. The summed E-state index contributed by atoms with van der Waals surface area (Å²) >= 11 is 1.72. The van der Waals surface area contributed by atoms with Gasteiger partial charge in [0.05, 0.1) is 0 Å². The van der Waals surface area contributed by atoms with E-state index in [9.17, 15) is 0 Å². The van der Waals surface area contributed by atoms with E-state index >= 15 is 0 Å². The molecule has 0 atom stereocenters. The van der Waals surface area contributed by atoms with Crippen LogP contribution < -0.4 is 0 Å². The topological polar surface area (TPSA) is 13.1 Å². The molecule has 2 rings (SSSR count). The normalized spacial score (nSPS) is 12.6. The summed E-state index contributed by atoms with van der Waals surface area (Å²) < 4.78 is 5.77. The lowest BCUT2D eigenvalue weighted by Gasteiger charge is -2.13. The fourth-order valence-electron chi connectivity index (χ4n) is 1.33. The number of fused-ring (bicyclic) bond motifs is 1. The molecule has 0 N–H and O–H groups in total. The summed E-state index contributed by atoms with van der Waals surface area (Å²) in [7, 11) is 0. The van der Waals surface area contributed by atoms with Gasteiger partial charge in [-0.3, -0.25) is 0 Å². The Labute approximate surface area is 82.4 Å². The Morgan fingerprint density at radius 2 is 1.92 bits per heavy atom. The van der Waals surface area contributed by atoms with Crippen LogP contribution in [0, 0.1) is 6.92 Å². The number of aryl methyl sites for hydroxylation is 1. The average Bonchev–Trinajstić information content (AvgIpc) is 2.40. The third-order valence-electron chi connectivity index (χ3n) is 2.08. The molecule has 0 amide bonds. The second-order valence-corrected chi connectivity index (χ2v) is 5.68. The highest BCUT2D eigenvalue weighted by atomic mass is 32.1. The Bertz CT molecular complexity index is 397. The van der Waals surface area contributed by atoms with Crippen molar-refractivity contribution < 1.29 is 4.42 Å². The maximum absolute atomic E-state index is 5.77. The van der Waals surface area contributed by atoms with Crippen molar-refractivity contribution in [2.45, 2.75) is 33.1 Å². The molecule has 2 heterocycles. The molecule has 0 fully saturated rings. The van der Waals surface area contributed by atoms with Gasteiger partial charge in [0.1, 0.15) is 5.76 Å². The maximum Gasteiger partial charge on any atom is 0.188 e. The molecular formula is C11H14OS. The zero-order chi connectivity index (χ0) is 9.64. The lowest BCUT2D eigenvalue weighted by Crippen LogP contribution is -2.08. The Morgan fingerprint density at radius 3 is 2.46 bits per heavy atom. The largest absolute Gasteiger partial charge is 0.450 e. The van der Waals surface area contributed by atoms with Gasteiger partial charge in [0.15, 0.2) is 4.90 Å². The van der Waals surface area contributed by atoms with Gasteiger partial charge in [-0.05, 0) is 19.1 Å². The van der Waals surface area contributed by atoms with E-state index in [-0.39, 0.29) is 5.41 Å². The highest BCUT2D eigenvalue weighted by Crippen LogP contribution is 2.33. The van der Waals surface area contributed by atoms with Crippen LogP contribution in [-0.4, -0.2) is 0 Å². The van der Waals surface area contributed by atoms with Crippen LogP contribution in [0.25, 0.3) is 10.3 Å². The van der Waals surface area contributed by atoms with Crippen LogP contribution in [0.4, 0.5) is 0 Å². The third kappa shape index (κ3) is 1.51. The number of hydrogen-bond acceptors (Lipinski definition) is 2.